The van der Waals surface area contributed by atoms with E-state index in [1.54, 1.807) is 31.9 Å². The maximum Gasteiger partial charge on any atom is 0.274 e. The molecule has 0 saturated carbocycles. The van der Waals surface area contributed by atoms with Crippen molar-refractivity contribution >= 4 is 5.91 Å². The van der Waals surface area contributed by atoms with Crippen LogP contribution in [0.5, 0.6) is 0 Å². The average molecular weight is 369 g/mol. The van der Waals surface area contributed by atoms with Gasteiger partial charge in [0.1, 0.15) is 5.69 Å². The lowest BCUT2D eigenvalue weighted by atomic mass is 9.96. The first-order chi connectivity index (χ1) is 13.3. The zero-order valence-electron chi connectivity index (χ0n) is 15.8. The highest BCUT2D eigenvalue weighted by Gasteiger charge is 2.25. The summed E-state index contributed by atoms with van der Waals surface area (Å²) >= 11 is 0. The molecule has 1 saturated heterocycles. The van der Waals surface area contributed by atoms with Gasteiger partial charge in [0.25, 0.3) is 5.91 Å². The molecule has 1 aliphatic rings. The standard InChI is InChI=1S/C20H27N5O2/c1-27-13-12-24-10-4-18(5-11-24)16-25(15-17-2-6-21-7-3-17)20(26)19-14-22-8-9-23-19/h2-3,6-9,14,18H,4-5,10-13,15-16H2,1H3. The van der Waals surface area contributed by atoms with Crippen LogP contribution in [0, 0.1) is 5.92 Å². The van der Waals surface area contributed by atoms with Crippen molar-refractivity contribution in [3.05, 3.63) is 54.4 Å². The lowest BCUT2D eigenvalue weighted by Gasteiger charge is -2.34. The molecule has 3 heterocycles. The summed E-state index contributed by atoms with van der Waals surface area (Å²) < 4.78 is 5.17. The van der Waals surface area contributed by atoms with E-state index in [-0.39, 0.29) is 5.91 Å². The Bertz CT molecular complexity index is 690. The van der Waals surface area contributed by atoms with Crippen molar-refractivity contribution in [2.75, 3.05) is 39.9 Å². The van der Waals surface area contributed by atoms with Crippen LogP contribution in [0.4, 0.5) is 0 Å². The third-order valence-electron chi connectivity index (χ3n) is 4.99. The van der Waals surface area contributed by atoms with E-state index in [0.717, 1.165) is 51.2 Å². The van der Waals surface area contributed by atoms with E-state index < -0.39 is 0 Å². The van der Waals surface area contributed by atoms with Crippen molar-refractivity contribution in [3.8, 4) is 0 Å². The third-order valence-corrected chi connectivity index (χ3v) is 4.99. The smallest absolute Gasteiger partial charge is 0.274 e. The van der Waals surface area contributed by atoms with Gasteiger partial charge in [0.2, 0.25) is 0 Å². The van der Waals surface area contributed by atoms with Crippen molar-refractivity contribution in [1.29, 1.82) is 0 Å². The molecular formula is C20H27N5O2. The van der Waals surface area contributed by atoms with Gasteiger partial charge >= 0.3 is 0 Å². The fourth-order valence-electron chi connectivity index (χ4n) is 3.42. The molecule has 0 unspecified atom stereocenters. The van der Waals surface area contributed by atoms with Crippen molar-refractivity contribution < 1.29 is 9.53 Å². The number of hydrogen-bond acceptors (Lipinski definition) is 6. The lowest BCUT2D eigenvalue weighted by Crippen LogP contribution is -2.41. The fourth-order valence-corrected chi connectivity index (χ4v) is 3.42. The maximum atomic E-state index is 13.0. The lowest BCUT2D eigenvalue weighted by molar-refractivity contribution is 0.0652. The molecule has 1 amide bonds. The van der Waals surface area contributed by atoms with Crippen LogP contribution in [0.25, 0.3) is 0 Å². The average Bonchev–Trinajstić information content (AvgIpc) is 2.73. The van der Waals surface area contributed by atoms with Crippen LogP contribution in [-0.2, 0) is 11.3 Å². The van der Waals surface area contributed by atoms with Crippen molar-refractivity contribution in [3.63, 3.8) is 0 Å². The molecule has 0 atom stereocenters. The van der Waals surface area contributed by atoms with Crippen LogP contribution in [0.3, 0.4) is 0 Å². The molecule has 0 spiro atoms. The molecule has 2 aromatic rings. The Morgan fingerprint density at radius 1 is 1.19 bits per heavy atom. The summed E-state index contributed by atoms with van der Waals surface area (Å²) in [7, 11) is 1.74. The number of likely N-dealkylation sites (tertiary alicyclic amines) is 1. The fraction of sp³-hybridized carbons (Fsp3) is 0.500. The predicted molar refractivity (Wildman–Crippen MR) is 102 cm³/mol. The number of piperidine rings is 1. The van der Waals surface area contributed by atoms with E-state index >= 15 is 0 Å². The van der Waals surface area contributed by atoms with Gasteiger partial charge in [-0.2, -0.15) is 0 Å². The highest BCUT2D eigenvalue weighted by Crippen LogP contribution is 2.20. The Kier molecular flexibility index (Phi) is 7.24. The van der Waals surface area contributed by atoms with Gasteiger partial charge in [-0.25, -0.2) is 4.98 Å². The number of hydrogen-bond donors (Lipinski definition) is 0. The first kappa shape index (κ1) is 19.4. The summed E-state index contributed by atoms with van der Waals surface area (Å²) in [6, 6.07) is 3.90. The second-order valence-electron chi connectivity index (χ2n) is 6.91. The number of rotatable bonds is 8. The molecular weight excluding hydrogens is 342 g/mol. The number of aromatic nitrogens is 3. The second kappa shape index (κ2) is 10.1. The van der Waals surface area contributed by atoms with Crippen LogP contribution >= 0.6 is 0 Å². The first-order valence-corrected chi connectivity index (χ1v) is 9.41. The highest BCUT2D eigenvalue weighted by atomic mass is 16.5. The van der Waals surface area contributed by atoms with Gasteiger partial charge in [0.15, 0.2) is 0 Å². The van der Waals surface area contributed by atoms with E-state index in [1.807, 2.05) is 17.0 Å². The summed E-state index contributed by atoms with van der Waals surface area (Å²) in [5.41, 5.74) is 1.46. The van der Waals surface area contributed by atoms with Crippen LogP contribution < -0.4 is 0 Å². The van der Waals surface area contributed by atoms with Gasteiger partial charge < -0.3 is 14.5 Å². The summed E-state index contributed by atoms with van der Waals surface area (Å²) in [6.45, 7) is 5.14. The molecule has 0 bridgehead atoms. The van der Waals surface area contributed by atoms with E-state index in [4.69, 9.17) is 4.74 Å². The number of nitrogens with zero attached hydrogens (tertiary/aromatic N) is 5. The topological polar surface area (TPSA) is 71.5 Å². The third kappa shape index (κ3) is 5.80. The molecule has 2 aromatic heterocycles. The Morgan fingerprint density at radius 2 is 1.96 bits per heavy atom. The number of methoxy groups -OCH3 is 1. The predicted octanol–water partition coefficient (Wildman–Crippen LogP) is 1.87. The van der Waals surface area contributed by atoms with Crippen molar-refractivity contribution in [2.45, 2.75) is 19.4 Å². The number of carbonyl (C=O) groups excluding carboxylic acids is 1. The van der Waals surface area contributed by atoms with Gasteiger partial charge in [-0.1, -0.05) is 0 Å². The number of carbonyl (C=O) groups is 1. The summed E-state index contributed by atoms with van der Waals surface area (Å²) in [6.07, 6.45) is 10.4. The van der Waals surface area contributed by atoms with Gasteiger partial charge in [-0.3, -0.25) is 14.8 Å². The van der Waals surface area contributed by atoms with E-state index in [2.05, 4.69) is 19.9 Å². The van der Waals surface area contributed by atoms with Gasteiger partial charge in [-0.05, 0) is 49.5 Å². The van der Waals surface area contributed by atoms with Crippen molar-refractivity contribution in [2.24, 2.45) is 5.92 Å². The van der Waals surface area contributed by atoms with Crippen LogP contribution in [-0.4, -0.2) is 70.6 Å². The molecule has 27 heavy (non-hydrogen) atoms. The van der Waals surface area contributed by atoms with E-state index in [0.29, 0.717) is 18.2 Å². The molecule has 1 aliphatic heterocycles. The number of pyridine rings is 1. The number of amides is 1. The minimum Gasteiger partial charge on any atom is -0.383 e. The Labute approximate surface area is 160 Å². The Morgan fingerprint density at radius 3 is 2.63 bits per heavy atom. The molecule has 0 radical (unpaired) electrons. The minimum atomic E-state index is -0.0678. The summed E-state index contributed by atoms with van der Waals surface area (Å²) in [4.78, 5) is 29.6. The zero-order chi connectivity index (χ0) is 18.9. The Hall–Kier alpha value is -2.38. The molecule has 7 nitrogen and oxygen atoms in total. The molecule has 3 rings (SSSR count). The summed E-state index contributed by atoms with van der Waals surface area (Å²) in [5, 5.41) is 0. The van der Waals surface area contributed by atoms with Gasteiger partial charge in [-0.15, -0.1) is 0 Å². The van der Waals surface area contributed by atoms with Crippen LogP contribution in [0.15, 0.2) is 43.1 Å². The van der Waals surface area contributed by atoms with E-state index in [1.165, 1.54) is 6.20 Å². The summed E-state index contributed by atoms with van der Waals surface area (Å²) in [5.74, 6) is 0.424. The monoisotopic (exact) mass is 369 g/mol. The van der Waals surface area contributed by atoms with E-state index in [9.17, 15) is 4.79 Å². The molecule has 144 valence electrons. The zero-order valence-corrected chi connectivity index (χ0v) is 15.8. The second-order valence-corrected chi connectivity index (χ2v) is 6.91. The molecule has 7 heteroatoms. The Balaban J connectivity index is 1.64. The molecule has 0 aromatic carbocycles. The SMILES string of the molecule is COCCN1CCC(CN(Cc2ccncc2)C(=O)c2cnccn2)CC1. The highest BCUT2D eigenvalue weighted by molar-refractivity contribution is 5.91. The van der Waals surface area contributed by atoms with Gasteiger partial charge in [0, 0.05) is 51.5 Å². The van der Waals surface area contributed by atoms with Crippen LogP contribution in [0.2, 0.25) is 0 Å². The molecule has 1 fully saturated rings. The van der Waals surface area contributed by atoms with Gasteiger partial charge in [0.05, 0.1) is 12.8 Å². The minimum absolute atomic E-state index is 0.0678. The number of ether oxygens (including phenoxy) is 1. The maximum absolute atomic E-state index is 13.0. The largest absolute Gasteiger partial charge is 0.383 e. The normalized spacial score (nSPS) is 15.6. The molecule has 0 aliphatic carbocycles. The molecule has 0 N–H and O–H groups in total. The van der Waals surface area contributed by atoms with Crippen molar-refractivity contribution in [1.82, 2.24) is 24.8 Å². The van der Waals surface area contributed by atoms with Crippen LogP contribution in [0.1, 0.15) is 28.9 Å². The quantitative estimate of drug-likeness (QED) is 0.707. The first-order valence-electron chi connectivity index (χ1n) is 9.41.